The summed E-state index contributed by atoms with van der Waals surface area (Å²) >= 11 is 1.60. The second-order valence-corrected chi connectivity index (χ2v) is 10.7. The number of rotatable bonds is 9. The third kappa shape index (κ3) is 6.18. The summed E-state index contributed by atoms with van der Waals surface area (Å²) in [6.07, 6.45) is 5.66. The third-order valence-electron chi connectivity index (χ3n) is 7.01. The van der Waals surface area contributed by atoms with Gasteiger partial charge in [-0.1, -0.05) is 25.1 Å². The average molecular weight is 529 g/mol. The molecule has 1 aliphatic heterocycles. The van der Waals surface area contributed by atoms with E-state index in [4.69, 9.17) is 15.7 Å². The first kappa shape index (κ1) is 26.2. The Balaban J connectivity index is 1.34. The zero-order valence-corrected chi connectivity index (χ0v) is 23.3. The van der Waals surface area contributed by atoms with Gasteiger partial charge in [-0.25, -0.2) is 15.0 Å². The second-order valence-electron chi connectivity index (χ2n) is 9.91. The number of hydrogen-bond acceptors (Lipinski definition) is 9. The summed E-state index contributed by atoms with van der Waals surface area (Å²) in [5.41, 5.74) is 12.4. The summed E-state index contributed by atoms with van der Waals surface area (Å²) in [7, 11) is 2.19. The maximum absolute atomic E-state index is 5.86. The molecule has 0 unspecified atom stereocenters. The van der Waals surface area contributed by atoms with E-state index in [1.54, 1.807) is 23.6 Å². The molecule has 0 spiro atoms. The summed E-state index contributed by atoms with van der Waals surface area (Å²) in [4.78, 5) is 25.6. The van der Waals surface area contributed by atoms with Crippen LogP contribution in [0.3, 0.4) is 0 Å². The molecule has 3 aromatic heterocycles. The molecular formula is C29H36N8S. The number of piperazine rings is 1. The first-order valence-electron chi connectivity index (χ1n) is 13.3. The molecule has 1 aromatic carbocycles. The Morgan fingerprint density at radius 2 is 1.82 bits per heavy atom. The molecular weight excluding hydrogens is 492 g/mol. The molecule has 1 fully saturated rings. The van der Waals surface area contributed by atoms with E-state index in [1.807, 2.05) is 11.6 Å². The number of aryl methyl sites for hydroxylation is 1. The molecule has 4 aromatic rings. The summed E-state index contributed by atoms with van der Waals surface area (Å²) < 4.78 is 0. The van der Waals surface area contributed by atoms with Gasteiger partial charge in [-0.3, -0.25) is 4.98 Å². The van der Waals surface area contributed by atoms with Crippen molar-refractivity contribution in [3.8, 4) is 22.6 Å². The number of anilines is 3. The van der Waals surface area contributed by atoms with Crippen LogP contribution in [0.2, 0.25) is 0 Å². The van der Waals surface area contributed by atoms with Crippen molar-refractivity contribution in [2.75, 3.05) is 56.9 Å². The quantitative estimate of drug-likeness (QED) is 0.329. The number of aromatic nitrogens is 4. The number of benzene rings is 1. The van der Waals surface area contributed by atoms with E-state index in [-0.39, 0.29) is 0 Å². The van der Waals surface area contributed by atoms with E-state index in [0.717, 1.165) is 85.4 Å². The van der Waals surface area contributed by atoms with E-state index in [9.17, 15) is 0 Å². The first-order chi connectivity index (χ1) is 18.5. The topological polar surface area (TPSA) is 87.3 Å². The van der Waals surface area contributed by atoms with Gasteiger partial charge in [0.2, 0.25) is 0 Å². The van der Waals surface area contributed by atoms with Gasteiger partial charge in [0.25, 0.3) is 0 Å². The fourth-order valence-corrected chi connectivity index (χ4v) is 5.54. The Bertz CT molecular complexity index is 1340. The molecule has 1 saturated heterocycles. The molecule has 0 aliphatic carbocycles. The summed E-state index contributed by atoms with van der Waals surface area (Å²) in [6, 6.07) is 12.7. The van der Waals surface area contributed by atoms with Crippen LogP contribution in [0.5, 0.6) is 0 Å². The molecule has 0 bridgehead atoms. The Morgan fingerprint density at radius 3 is 2.55 bits per heavy atom. The van der Waals surface area contributed by atoms with Gasteiger partial charge in [-0.2, -0.15) is 0 Å². The Kier molecular flexibility index (Phi) is 8.26. The molecule has 5 rings (SSSR count). The Morgan fingerprint density at radius 1 is 1.00 bits per heavy atom. The van der Waals surface area contributed by atoms with Crippen LogP contribution < -0.4 is 10.6 Å². The highest BCUT2D eigenvalue weighted by Crippen LogP contribution is 2.35. The highest BCUT2D eigenvalue weighted by atomic mass is 32.1. The van der Waals surface area contributed by atoms with Crippen LogP contribution in [-0.2, 0) is 6.42 Å². The predicted molar refractivity (Wildman–Crippen MR) is 157 cm³/mol. The molecule has 8 nitrogen and oxygen atoms in total. The monoisotopic (exact) mass is 528 g/mol. The number of likely N-dealkylation sites (N-methyl/N-ethyl adjacent to an activating group) is 1. The highest BCUT2D eigenvalue weighted by Gasteiger charge is 2.18. The smallest absolute Gasteiger partial charge is 0.190 e. The lowest BCUT2D eigenvalue weighted by atomic mass is 10.0. The van der Waals surface area contributed by atoms with E-state index in [2.05, 4.69) is 75.9 Å². The zero-order valence-electron chi connectivity index (χ0n) is 22.5. The van der Waals surface area contributed by atoms with Crippen molar-refractivity contribution in [3.05, 3.63) is 65.4 Å². The van der Waals surface area contributed by atoms with Crippen LogP contribution in [0, 0.1) is 6.92 Å². The standard InChI is InChI=1S/C29H36N8S/c1-4-12-37(29-33-25(20-38-29)28-31-11-9-27(30)34-28)26-18-22(6-5-21(26)2)23-7-8-24(32-19-23)10-13-36-16-14-35(3)15-17-36/h5-9,11,18-20H,4,10,12-17H2,1-3H3,(H2,30,31,34). The van der Waals surface area contributed by atoms with Crippen molar-refractivity contribution in [1.82, 2.24) is 29.7 Å². The van der Waals surface area contributed by atoms with Gasteiger partial charge in [-0.05, 0) is 49.7 Å². The highest BCUT2D eigenvalue weighted by molar-refractivity contribution is 7.14. The lowest BCUT2D eigenvalue weighted by molar-refractivity contribution is 0.155. The molecule has 2 N–H and O–H groups in total. The van der Waals surface area contributed by atoms with Crippen LogP contribution in [-0.4, -0.2) is 76.1 Å². The van der Waals surface area contributed by atoms with Crippen molar-refractivity contribution in [3.63, 3.8) is 0 Å². The van der Waals surface area contributed by atoms with Crippen LogP contribution in [0.1, 0.15) is 24.6 Å². The van der Waals surface area contributed by atoms with Crippen molar-refractivity contribution in [1.29, 1.82) is 0 Å². The molecule has 198 valence electrons. The molecule has 0 amide bonds. The third-order valence-corrected chi connectivity index (χ3v) is 7.88. The number of nitrogens with two attached hydrogens (primary N) is 1. The molecule has 0 saturated carbocycles. The zero-order chi connectivity index (χ0) is 26.5. The van der Waals surface area contributed by atoms with Crippen LogP contribution in [0.15, 0.2) is 54.2 Å². The van der Waals surface area contributed by atoms with Crippen molar-refractivity contribution in [2.24, 2.45) is 0 Å². The lowest BCUT2D eigenvalue weighted by Gasteiger charge is -2.32. The molecule has 0 atom stereocenters. The molecule has 9 heteroatoms. The number of pyridine rings is 1. The average Bonchev–Trinajstić information content (AvgIpc) is 3.42. The van der Waals surface area contributed by atoms with Gasteiger partial charge in [0.05, 0.1) is 0 Å². The summed E-state index contributed by atoms with van der Waals surface area (Å²) in [5.74, 6) is 0.991. The van der Waals surface area contributed by atoms with Crippen molar-refractivity contribution in [2.45, 2.75) is 26.7 Å². The van der Waals surface area contributed by atoms with Gasteiger partial charge < -0.3 is 20.4 Å². The summed E-state index contributed by atoms with van der Waals surface area (Å²) in [5, 5.41) is 2.92. The number of nitrogens with zero attached hydrogens (tertiary/aromatic N) is 7. The van der Waals surface area contributed by atoms with Crippen LogP contribution >= 0.6 is 11.3 Å². The second kappa shape index (κ2) is 12.0. The number of thiazole rings is 1. The SMILES string of the molecule is CCCN(c1nc(-c2nccc(N)n2)cs1)c1cc(-c2ccc(CCN3CCN(C)CC3)nc2)ccc1C. The van der Waals surface area contributed by atoms with Gasteiger partial charge in [0, 0.05) is 80.4 Å². The summed E-state index contributed by atoms with van der Waals surface area (Å²) in [6.45, 7) is 10.8. The minimum atomic E-state index is 0.442. The van der Waals surface area contributed by atoms with Crippen LogP contribution in [0.4, 0.5) is 16.6 Å². The molecule has 1 aliphatic rings. The van der Waals surface area contributed by atoms with E-state index < -0.39 is 0 Å². The Labute approximate surface area is 229 Å². The molecule has 38 heavy (non-hydrogen) atoms. The first-order valence-corrected chi connectivity index (χ1v) is 14.2. The number of hydrogen-bond donors (Lipinski definition) is 1. The maximum atomic E-state index is 5.86. The predicted octanol–water partition coefficient (Wildman–Crippen LogP) is 4.89. The molecule has 4 heterocycles. The fourth-order valence-electron chi connectivity index (χ4n) is 4.70. The minimum absolute atomic E-state index is 0.442. The minimum Gasteiger partial charge on any atom is -0.384 e. The van der Waals surface area contributed by atoms with Crippen molar-refractivity contribution >= 4 is 28.0 Å². The maximum Gasteiger partial charge on any atom is 0.190 e. The van der Waals surface area contributed by atoms with Crippen molar-refractivity contribution < 1.29 is 0 Å². The normalized spacial score (nSPS) is 14.6. The Hall–Kier alpha value is -3.40. The van der Waals surface area contributed by atoms with Gasteiger partial charge in [0.15, 0.2) is 11.0 Å². The van der Waals surface area contributed by atoms with E-state index in [0.29, 0.717) is 11.6 Å². The van der Waals surface area contributed by atoms with Crippen LogP contribution in [0.25, 0.3) is 22.6 Å². The number of nitrogen functional groups attached to an aromatic ring is 1. The molecule has 0 radical (unpaired) electrons. The van der Waals surface area contributed by atoms with E-state index in [1.165, 1.54) is 5.56 Å². The van der Waals surface area contributed by atoms with Gasteiger partial charge in [-0.15, -0.1) is 11.3 Å². The van der Waals surface area contributed by atoms with Gasteiger partial charge >= 0.3 is 0 Å². The van der Waals surface area contributed by atoms with E-state index >= 15 is 0 Å². The van der Waals surface area contributed by atoms with Gasteiger partial charge in [0.1, 0.15) is 11.5 Å². The fraction of sp³-hybridized carbons (Fsp3) is 0.379. The lowest BCUT2D eigenvalue weighted by Crippen LogP contribution is -2.45. The largest absolute Gasteiger partial charge is 0.384 e.